The number of fused-ring (bicyclic) bond motifs is 5. The molecule has 0 aliphatic heterocycles. The molecule has 2 aromatic carbocycles. The zero-order valence-corrected chi connectivity index (χ0v) is 10.9. The first-order chi connectivity index (χ1) is 8.84. The van der Waals surface area contributed by atoms with Gasteiger partial charge in [0.25, 0.3) is 0 Å². The molecule has 0 bridgehead atoms. The summed E-state index contributed by atoms with van der Waals surface area (Å²) in [7, 11) is 0. The fourth-order valence-electron chi connectivity index (χ4n) is 2.39. The Balaban J connectivity index is 2.37. The molecule has 0 radical (unpaired) electrons. The number of hydrogen-bond donors (Lipinski definition) is 0. The minimum absolute atomic E-state index is 0.783. The Labute approximate surface area is 113 Å². The Morgan fingerprint density at radius 2 is 1.89 bits per heavy atom. The average Bonchev–Trinajstić information content (AvgIpc) is 2.79. The lowest BCUT2D eigenvalue weighted by atomic mass is 10.1. The van der Waals surface area contributed by atoms with E-state index in [1.807, 2.05) is 6.07 Å². The molecule has 0 saturated heterocycles. The topological polar surface area (TPSA) is 12.9 Å². The van der Waals surface area contributed by atoms with E-state index in [2.05, 4.69) is 41.4 Å². The lowest BCUT2D eigenvalue weighted by Gasteiger charge is -1.99. The maximum atomic E-state index is 6.25. The SMILES string of the molecule is Clc1ccnc2c1sc1ccc3ccccc3c12. The van der Waals surface area contributed by atoms with E-state index in [0.29, 0.717) is 0 Å². The summed E-state index contributed by atoms with van der Waals surface area (Å²) in [4.78, 5) is 4.51. The Morgan fingerprint density at radius 1 is 1.00 bits per heavy atom. The van der Waals surface area contributed by atoms with E-state index in [1.54, 1.807) is 17.5 Å². The second-order valence-corrected chi connectivity index (χ2v) is 5.69. The van der Waals surface area contributed by atoms with Crippen molar-refractivity contribution >= 4 is 54.0 Å². The van der Waals surface area contributed by atoms with E-state index in [-0.39, 0.29) is 0 Å². The molecule has 3 heteroatoms. The Kier molecular flexibility index (Phi) is 2.10. The van der Waals surface area contributed by atoms with Crippen LogP contribution in [0.2, 0.25) is 5.02 Å². The number of hydrogen-bond acceptors (Lipinski definition) is 2. The monoisotopic (exact) mass is 269 g/mol. The first-order valence-electron chi connectivity index (χ1n) is 5.69. The molecule has 0 aliphatic carbocycles. The van der Waals surface area contributed by atoms with E-state index in [4.69, 9.17) is 11.6 Å². The summed E-state index contributed by atoms with van der Waals surface area (Å²) in [6.45, 7) is 0. The van der Waals surface area contributed by atoms with Gasteiger partial charge in [0.2, 0.25) is 0 Å². The lowest BCUT2D eigenvalue weighted by molar-refractivity contribution is 1.44. The molecule has 2 heterocycles. The van der Waals surface area contributed by atoms with E-state index < -0.39 is 0 Å². The van der Waals surface area contributed by atoms with Crippen molar-refractivity contribution in [1.82, 2.24) is 4.98 Å². The number of rotatable bonds is 0. The lowest BCUT2D eigenvalue weighted by Crippen LogP contribution is -1.76. The molecule has 0 spiro atoms. The van der Waals surface area contributed by atoms with Gasteiger partial charge >= 0.3 is 0 Å². The van der Waals surface area contributed by atoms with Gasteiger partial charge in [0.05, 0.1) is 15.2 Å². The number of thiophene rings is 1. The van der Waals surface area contributed by atoms with Gasteiger partial charge in [-0.15, -0.1) is 11.3 Å². The van der Waals surface area contributed by atoms with E-state index in [1.165, 1.54) is 20.9 Å². The minimum Gasteiger partial charge on any atom is -0.255 e. The van der Waals surface area contributed by atoms with Crippen LogP contribution in [0.25, 0.3) is 31.1 Å². The van der Waals surface area contributed by atoms with Gasteiger partial charge in [-0.05, 0) is 22.9 Å². The molecular weight excluding hydrogens is 262 g/mol. The van der Waals surface area contributed by atoms with Crippen LogP contribution in [0.3, 0.4) is 0 Å². The molecule has 0 fully saturated rings. The van der Waals surface area contributed by atoms with E-state index >= 15 is 0 Å². The Morgan fingerprint density at radius 3 is 2.83 bits per heavy atom. The quantitative estimate of drug-likeness (QED) is 0.424. The summed E-state index contributed by atoms with van der Waals surface area (Å²) in [6.07, 6.45) is 1.78. The number of nitrogens with zero attached hydrogens (tertiary/aromatic N) is 1. The van der Waals surface area contributed by atoms with Crippen molar-refractivity contribution in [3.63, 3.8) is 0 Å². The van der Waals surface area contributed by atoms with Gasteiger partial charge in [0, 0.05) is 16.3 Å². The molecule has 0 aliphatic rings. The van der Waals surface area contributed by atoms with Gasteiger partial charge in [0.15, 0.2) is 0 Å². The summed E-state index contributed by atoms with van der Waals surface area (Å²) in [6, 6.07) is 14.6. The molecular formula is C15H8ClNS. The second kappa shape index (κ2) is 3.67. The predicted molar refractivity (Wildman–Crippen MR) is 79.6 cm³/mol. The van der Waals surface area contributed by atoms with Crippen LogP contribution in [0, 0.1) is 0 Å². The van der Waals surface area contributed by atoms with Crippen LogP contribution in [0.4, 0.5) is 0 Å². The van der Waals surface area contributed by atoms with Gasteiger partial charge in [0.1, 0.15) is 0 Å². The van der Waals surface area contributed by atoms with Crippen LogP contribution in [0.15, 0.2) is 48.7 Å². The van der Waals surface area contributed by atoms with Crippen LogP contribution in [0.1, 0.15) is 0 Å². The maximum Gasteiger partial charge on any atom is 0.0909 e. The summed E-state index contributed by atoms with van der Waals surface area (Å²) < 4.78 is 2.31. The summed E-state index contributed by atoms with van der Waals surface area (Å²) in [5.41, 5.74) is 1.01. The third kappa shape index (κ3) is 1.30. The Bertz CT molecular complexity index is 895. The molecule has 0 atom stereocenters. The molecule has 86 valence electrons. The van der Waals surface area contributed by atoms with Crippen molar-refractivity contribution < 1.29 is 0 Å². The number of benzene rings is 2. The smallest absolute Gasteiger partial charge is 0.0909 e. The molecule has 18 heavy (non-hydrogen) atoms. The summed E-state index contributed by atoms with van der Waals surface area (Å²) in [5.74, 6) is 0. The van der Waals surface area contributed by atoms with Crippen LogP contribution < -0.4 is 0 Å². The van der Waals surface area contributed by atoms with Crippen molar-refractivity contribution in [2.75, 3.05) is 0 Å². The first kappa shape index (κ1) is 10.3. The zero-order chi connectivity index (χ0) is 12.1. The molecule has 0 N–H and O–H groups in total. The maximum absolute atomic E-state index is 6.25. The molecule has 1 nitrogen and oxygen atoms in total. The number of pyridine rings is 1. The summed E-state index contributed by atoms with van der Waals surface area (Å²) in [5, 5.41) is 4.49. The van der Waals surface area contributed by atoms with Gasteiger partial charge in [-0.1, -0.05) is 41.9 Å². The van der Waals surface area contributed by atoms with Crippen LogP contribution in [-0.4, -0.2) is 4.98 Å². The molecule has 4 aromatic rings. The van der Waals surface area contributed by atoms with Gasteiger partial charge in [-0.25, -0.2) is 0 Å². The van der Waals surface area contributed by atoms with Crippen LogP contribution in [-0.2, 0) is 0 Å². The highest BCUT2D eigenvalue weighted by Crippen LogP contribution is 2.39. The largest absolute Gasteiger partial charge is 0.255 e. The normalized spacial score (nSPS) is 11.6. The number of halogens is 1. The highest BCUT2D eigenvalue weighted by molar-refractivity contribution is 7.26. The highest BCUT2D eigenvalue weighted by Gasteiger charge is 2.11. The van der Waals surface area contributed by atoms with E-state index in [9.17, 15) is 0 Å². The first-order valence-corrected chi connectivity index (χ1v) is 6.88. The highest BCUT2D eigenvalue weighted by atomic mass is 35.5. The van der Waals surface area contributed by atoms with Crippen molar-refractivity contribution in [3.8, 4) is 0 Å². The Hall–Kier alpha value is -1.64. The van der Waals surface area contributed by atoms with Crippen molar-refractivity contribution in [3.05, 3.63) is 53.7 Å². The second-order valence-electron chi connectivity index (χ2n) is 4.23. The fraction of sp³-hybridized carbons (Fsp3) is 0. The average molecular weight is 270 g/mol. The third-order valence-corrected chi connectivity index (χ3v) is 4.80. The molecule has 0 unspecified atom stereocenters. The summed E-state index contributed by atoms with van der Waals surface area (Å²) >= 11 is 7.96. The predicted octanol–water partition coefficient (Wildman–Crippen LogP) is 5.26. The van der Waals surface area contributed by atoms with Crippen molar-refractivity contribution in [2.24, 2.45) is 0 Å². The van der Waals surface area contributed by atoms with Crippen LogP contribution in [0.5, 0.6) is 0 Å². The van der Waals surface area contributed by atoms with Crippen LogP contribution >= 0.6 is 22.9 Å². The fourth-order valence-corrected chi connectivity index (χ4v) is 3.73. The van der Waals surface area contributed by atoms with E-state index in [0.717, 1.165) is 15.2 Å². The third-order valence-electron chi connectivity index (χ3n) is 3.20. The van der Waals surface area contributed by atoms with Gasteiger partial charge in [-0.2, -0.15) is 0 Å². The minimum atomic E-state index is 0.783. The number of aromatic nitrogens is 1. The zero-order valence-electron chi connectivity index (χ0n) is 9.35. The van der Waals surface area contributed by atoms with Crippen molar-refractivity contribution in [1.29, 1.82) is 0 Å². The molecule has 2 aromatic heterocycles. The van der Waals surface area contributed by atoms with Gasteiger partial charge < -0.3 is 0 Å². The van der Waals surface area contributed by atoms with Gasteiger partial charge in [-0.3, -0.25) is 4.98 Å². The molecule has 0 saturated carbocycles. The molecule has 0 amide bonds. The van der Waals surface area contributed by atoms with Crippen molar-refractivity contribution in [2.45, 2.75) is 0 Å². The standard InChI is InChI=1S/C15H8ClNS/c16-11-7-8-17-14-13-10-4-2-1-3-9(10)5-6-12(13)18-15(11)14/h1-8H. The molecule has 4 rings (SSSR count).